The van der Waals surface area contributed by atoms with Gasteiger partial charge in [0, 0.05) is 30.2 Å². The van der Waals surface area contributed by atoms with Gasteiger partial charge in [-0.15, -0.1) is 0 Å². The smallest absolute Gasteiger partial charge is 0.227 e. The Kier molecular flexibility index (Phi) is 3.07. The molecule has 0 atom stereocenters. The highest BCUT2D eigenvalue weighted by Gasteiger charge is 2.22. The van der Waals surface area contributed by atoms with Gasteiger partial charge in [0.25, 0.3) is 0 Å². The van der Waals surface area contributed by atoms with Gasteiger partial charge in [0.2, 0.25) is 5.95 Å². The molecular formula is C11H17N5S. The third-order valence-corrected chi connectivity index (χ3v) is 4.29. The van der Waals surface area contributed by atoms with Gasteiger partial charge in [0.15, 0.2) is 0 Å². The second-order valence-corrected chi connectivity index (χ2v) is 5.62. The standard InChI is InChI=1S/C11H17N5S/c12-15-10-8-2-1-3-9(8)13-11(14-10)16-4-6-17-7-5-16/h1-7,12H2,(H,13,14,15). The largest absolute Gasteiger partial charge is 0.339 e. The summed E-state index contributed by atoms with van der Waals surface area (Å²) in [7, 11) is 0. The van der Waals surface area contributed by atoms with E-state index in [0.717, 1.165) is 55.6 Å². The highest BCUT2D eigenvalue weighted by molar-refractivity contribution is 7.99. The van der Waals surface area contributed by atoms with Gasteiger partial charge < -0.3 is 10.3 Å². The zero-order valence-corrected chi connectivity index (χ0v) is 10.6. The third-order valence-electron chi connectivity index (χ3n) is 3.35. The summed E-state index contributed by atoms with van der Waals surface area (Å²) >= 11 is 1.99. The van der Waals surface area contributed by atoms with Gasteiger partial charge in [-0.3, -0.25) is 0 Å². The molecule has 1 aliphatic heterocycles. The summed E-state index contributed by atoms with van der Waals surface area (Å²) in [4.78, 5) is 11.5. The van der Waals surface area contributed by atoms with E-state index in [0.29, 0.717) is 0 Å². The molecule has 0 unspecified atom stereocenters. The van der Waals surface area contributed by atoms with Gasteiger partial charge in [-0.05, 0) is 19.3 Å². The van der Waals surface area contributed by atoms with E-state index in [1.807, 2.05) is 11.8 Å². The van der Waals surface area contributed by atoms with Gasteiger partial charge in [0.05, 0.1) is 5.69 Å². The lowest BCUT2D eigenvalue weighted by Gasteiger charge is -2.27. The zero-order valence-electron chi connectivity index (χ0n) is 9.78. The number of rotatable bonds is 2. The quantitative estimate of drug-likeness (QED) is 0.599. The molecule has 3 N–H and O–H groups in total. The summed E-state index contributed by atoms with van der Waals surface area (Å²) < 4.78 is 0. The van der Waals surface area contributed by atoms with Crippen LogP contribution >= 0.6 is 11.8 Å². The second-order valence-electron chi connectivity index (χ2n) is 4.39. The minimum Gasteiger partial charge on any atom is -0.339 e. The number of aryl methyl sites for hydroxylation is 1. The van der Waals surface area contributed by atoms with Crippen LogP contribution < -0.4 is 16.2 Å². The number of fused-ring (bicyclic) bond motifs is 1. The molecule has 1 aromatic rings. The molecule has 5 nitrogen and oxygen atoms in total. The molecule has 3 rings (SSSR count). The third kappa shape index (κ3) is 2.07. The maximum Gasteiger partial charge on any atom is 0.227 e. The fourth-order valence-corrected chi connectivity index (χ4v) is 3.35. The van der Waals surface area contributed by atoms with E-state index in [1.54, 1.807) is 0 Å². The molecule has 92 valence electrons. The molecule has 2 heterocycles. The average Bonchev–Trinajstić information content (AvgIpc) is 2.86. The number of aromatic nitrogens is 2. The van der Waals surface area contributed by atoms with E-state index in [-0.39, 0.29) is 0 Å². The van der Waals surface area contributed by atoms with E-state index < -0.39 is 0 Å². The summed E-state index contributed by atoms with van der Waals surface area (Å²) in [6.07, 6.45) is 3.27. The van der Waals surface area contributed by atoms with Crippen molar-refractivity contribution in [2.75, 3.05) is 34.9 Å². The Bertz CT molecular complexity index is 417. The number of nitrogens with one attached hydrogen (secondary N) is 1. The Morgan fingerprint density at radius 1 is 1.18 bits per heavy atom. The fraction of sp³-hybridized carbons (Fsp3) is 0.636. The highest BCUT2D eigenvalue weighted by Crippen LogP contribution is 2.28. The summed E-state index contributed by atoms with van der Waals surface area (Å²) in [6, 6.07) is 0. The van der Waals surface area contributed by atoms with E-state index in [9.17, 15) is 0 Å². The normalized spacial score (nSPS) is 19.2. The van der Waals surface area contributed by atoms with Gasteiger partial charge in [-0.1, -0.05) is 0 Å². The number of thioether (sulfide) groups is 1. The Morgan fingerprint density at radius 3 is 2.76 bits per heavy atom. The number of hydrazine groups is 1. The molecular weight excluding hydrogens is 234 g/mol. The van der Waals surface area contributed by atoms with Gasteiger partial charge in [-0.25, -0.2) is 10.8 Å². The maximum atomic E-state index is 5.56. The molecule has 0 amide bonds. The SMILES string of the molecule is NNc1nc(N2CCSCC2)nc2c1CCC2. The van der Waals surface area contributed by atoms with Gasteiger partial charge in [0.1, 0.15) is 5.82 Å². The van der Waals surface area contributed by atoms with Crippen molar-refractivity contribution in [2.24, 2.45) is 5.84 Å². The minimum atomic E-state index is 0.820. The van der Waals surface area contributed by atoms with E-state index >= 15 is 0 Å². The molecule has 6 heteroatoms. The van der Waals surface area contributed by atoms with Crippen molar-refractivity contribution in [3.05, 3.63) is 11.3 Å². The predicted molar refractivity (Wildman–Crippen MR) is 71.4 cm³/mol. The number of hydrogen-bond donors (Lipinski definition) is 2. The van der Waals surface area contributed by atoms with E-state index in [4.69, 9.17) is 10.8 Å². The van der Waals surface area contributed by atoms with Crippen LogP contribution in [0.3, 0.4) is 0 Å². The topological polar surface area (TPSA) is 67.1 Å². The lowest BCUT2D eigenvalue weighted by atomic mass is 10.2. The van der Waals surface area contributed by atoms with Gasteiger partial charge in [-0.2, -0.15) is 16.7 Å². The zero-order chi connectivity index (χ0) is 11.7. The molecule has 0 bridgehead atoms. The first-order chi connectivity index (χ1) is 8.38. The lowest BCUT2D eigenvalue weighted by molar-refractivity contribution is 0.806. The lowest BCUT2D eigenvalue weighted by Crippen LogP contribution is -2.34. The monoisotopic (exact) mass is 251 g/mol. The summed E-state index contributed by atoms with van der Waals surface area (Å²) in [6.45, 7) is 2.07. The Balaban J connectivity index is 1.94. The molecule has 0 aromatic carbocycles. The van der Waals surface area contributed by atoms with Crippen LogP contribution in [0.5, 0.6) is 0 Å². The molecule has 0 saturated carbocycles. The van der Waals surface area contributed by atoms with Crippen molar-refractivity contribution < 1.29 is 0 Å². The van der Waals surface area contributed by atoms with Crippen LogP contribution in [0.15, 0.2) is 0 Å². The van der Waals surface area contributed by atoms with Crippen LogP contribution in [0.25, 0.3) is 0 Å². The van der Waals surface area contributed by atoms with Crippen LogP contribution in [-0.2, 0) is 12.8 Å². The van der Waals surface area contributed by atoms with Crippen molar-refractivity contribution in [2.45, 2.75) is 19.3 Å². The van der Waals surface area contributed by atoms with Crippen molar-refractivity contribution >= 4 is 23.5 Å². The molecule has 1 aromatic heterocycles. The van der Waals surface area contributed by atoms with Crippen LogP contribution in [0, 0.1) is 0 Å². The molecule has 1 fully saturated rings. The average molecular weight is 251 g/mol. The summed E-state index contributed by atoms with van der Waals surface area (Å²) in [5.41, 5.74) is 5.12. The first-order valence-corrected chi connectivity index (χ1v) is 7.23. The summed E-state index contributed by atoms with van der Waals surface area (Å²) in [5.74, 6) is 9.54. The molecule has 0 radical (unpaired) electrons. The Morgan fingerprint density at radius 2 is 2.00 bits per heavy atom. The number of nitrogens with two attached hydrogens (primary N) is 1. The highest BCUT2D eigenvalue weighted by atomic mass is 32.2. The number of anilines is 2. The van der Waals surface area contributed by atoms with Crippen molar-refractivity contribution in [1.82, 2.24) is 9.97 Å². The van der Waals surface area contributed by atoms with Gasteiger partial charge >= 0.3 is 0 Å². The number of hydrogen-bond acceptors (Lipinski definition) is 6. The Hall–Kier alpha value is -1.01. The molecule has 0 spiro atoms. The van der Waals surface area contributed by atoms with Crippen LogP contribution in [-0.4, -0.2) is 34.6 Å². The summed E-state index contributed by atoms with van der Waals surface area (Å²) in [5, 5.41) is 0. The maximum absolute atomic E-state index is 5.56. The second kappa shape index (κ2) is 4.70. The van der Waals surface area contributed by atoms with Crippen molar-refractivity contribution in [3.8, 4) is 0 Å². The first-order valence-electron chi connectivity index (χ1n) is 6.07. The minimum absolute atomic E-state index is 0.820. The van der Waals surface area contributed by atoms with Crippen molar-refractivity contribution in [1.29, 1.82) is 0 Å². The first kappa shape index (κ1) is 11.1. The Labute approximate surface area is 105 Å². The predicted octanol–water partition coefficient (Wildman–Crippen LogP) is 0.804. The van der Waals surface area contributed by atoms with Crippen LogP contribution in [0.4, 0.5) is 11.8 Å². The van der Waals surface area contributed by atoms with E-state index in [2.05, 4.69) is 15.3 Å². The molecule has 2 aliphatic rings. The fourth-order valence-electron chi connectivity index (χ4n) is 2.44. The van der Waals surface area contributed by atoms with E-state index in [1.165, 1.54) is 11.3 Å². The molecule has 17 heavy (non-hydrogen) atoms. The molecule has 1 saturated heterocycles. The number of nitrogen functional groups attached to an aromatic ring is 1. The molecule has 1 aliphatic carbocycles. The number of nitrogens with zero attached hydrogens (tertiary/aromatic N) is 3. The van der Waals surface area contributed by atoms with Crippen LogP contribution in [0.2, 0.25) is 0 Å². The van der Waals surface area contributed by atoms with Crippen LogP contribution in [0.1, 0.15) is 17.7 Å². The van der Waals surface area contributed by atoms with Crippen molar-refractivity contribution in [3.63, 3.8) is 0 Å².